The van der Waals surface area contributed by atoms with E-state index in [1.165, 1.54) is 42.7 Å². The average Bonchev–Trinajstić information content (AvgIpc) is 3.31. The molecule has 3 heterocycles. The quantitative estimate of drug-likeness (QED) is 0.278. The molecular formula is C27H27NO12S. The van der Waals surface area contributed by atoms with Gasteiger partial charge in [-0.2, -0.15) is 0 Å². The zero-order chi connectivity index (χ0) is 29.8. The van der Waals surface area contributed by atoms with E-state index in [-0.39, 0.29) is 22.1 Å². The summed E-state index contributed by atoms with van der Waals surface area (Å²) >= 11 is 1.32. The number of aromatic nitrogens is 1. The number of ether oxygens (including phenoxy) is 6. The Kier molecular flexibility index (Phi) is 9.03. The molecule has 2 aromatic heterocycles. The zero-order valence-electron chi connectivity index (χ0n) is 22.7. The van der Waals surface area contributed by atoms with Crippen molar-refractivity contribution >= 4 is 46.2 Å². The normalized spacial score (nSPS) is 22.0. The molecule has 13 nitrogen and oxygen atoms in total. The van der Waals surface area contributed by atoms with Gasteiger partial charge in [-0.15, -0.1) is 11.3 Å². The molecule has 3 aromatic rings. The highest BCUT2D eigenvalue weighted by atomic mass is 32.1. The topological polar surface area (TPSA) is 167 Å². The van der Waals surface area contributed by atoms with Crippen LogP contribution in [0.1, 0.15) is 33.4 Å². The standard InChI is InChI=1S/C27H27NO12S/c1-12-11-41-26(28-12)19-9-35-20-8-17(6-7-18(20)22(19)33)39-27-25(38-16(5)32)24(37-15(4)31)23(36-14(3)30)21(40-27)10-34-13(2)29/h6-9,11,21,23-25,27H,10H2,1-5H3/t21-,23+,24-,25-,27-/m0/s1. The maximum atomic E-state index is 13.1. The number of hydrogen-bond acceptors (Lipinski definition) is 14. The van der Waals surface area contributed by atoms with Gasteiger partial charge in [0.2, 0.25) is 17.8 Å². The first kappa shape index (κ1) is 29.7. The van der Waals surface area contributed by atoms with Crippen LogP contribution in [0.3, 0.4) is 0 Å². The molecule has 1 aliphatic heterocycles. The predicted octanol–water partition coefficient (Wildman–Crippen LogP) is 2.69. The molecule has 0 saturated carbocycles. The van der Waals surface area contributed by atoms with E-state index in [2.05, 4.69) is 4.98 Å². The predicted molar refractivity (Wildman–Crippen MR) is 141 cm³/mol. The Labute approximate surface area is 237 Å². The van der Waals surface area contributed by atoms with E-state index in [0.717, 1.165) is 26.5 Å². The van der Waals surface area contributed by atoms with Crippen LogP contribution >= 0.6 is 11.3 Å². The van der Waals surface area contributed by atoms with E-state index in [4.69, 9.17) is 32.8 Å². The summed E-state index contributed by atoms with van der Waals surface area (Å²) in [6, 6.07) is 4.40. The molecule has 218 valence electrons. The Morgan fingerprint density at radius 3 is 2.20 bits per heavy atom. The summed E-state index contributed by atoms with van der Waals surface area (Å²) in [7, 11) is 0. The first-order valence-corrected chi connectivity index (χ1v) is 13.3. The highest BCUT2D eigenvalue weighted by Gasteiger charge is 2.53. The van der Waals surface area contributed by atoms with Crippen molar-refractivity contribution in [2.45, 2.75) is 65.3 Å². The molecular weight excluding hydrogens is 562 g/mol. The van der Waals surface area contributed by atoms with Crippen molar-refractivity contribution in [3.63, 3.8) is 0 Å². The zero-order valence-corrected chi connectivity index (χ0v) is 23.6. The number of thiazole rings is 1. The van der Waals surface area contributed by atoms with E-state index >= 15 is 0 Å². The summed E-state index contributed by atoms with van der Waals surface area (Å²) < 4.78 is 38.9. The number of hydrogen-bond donors (Lipinski definition) is 0. The molecule has 0 spiro atoms. The van der Waals surface area contributed by atoms with Crippen LogP contribution in [0, 0.1) is 6.92 Å². The van der Waals surface area contributed by atoms with Crippen molar-refractivity contribution < 1.29 is 52.0 Å². The summed E-state index contributed by atoms with van der Waals surface area (Å²) in [6.07, 6.45) is -5.41. The largest absolute Gasteiger partial charge is 0.463 e. The SMILES string of the molecule is CC(=O)OC[C@@H]1O[C@H](Oc2ccc3c(=O)c(-c4nc(C)cs4)coc3c2)[C@@H](OC(C)=O)[C@@H](OC(C)=O)[C@@H]1OC(C)=O. The van der Waals surface area contributed by atoms with Gasteiger partial charge >= 0.3 is 23.9 Å². The van der Waals surface area contributed by atoms with E-state index in [9.17, 15) is 24.0 Å². The van der Waals surface area contributed by atoms with Crippen LogP contribution < -0.4 is 10.2 Å². The van der Waals surface area contributed by atoms with Gasteiger partial charge in [0.1, 0.15) is 35.3 Å². The molecule has 0 amide bonds. The lowest BCUT2D eigenvalue weighted by Crippen LogP contribution is -2.63. The molecule has 1 saturated heterocycles. The van der Waals surface area contributed by atoms with Gasteiger partial charge in [-0.3, -0.25) is 24.0 Å². The minimum Gasteiger partial charge on any atom is -0.463 e. The van der Waals surface area contributed by atoms with Crippen molar-refractivity contribution in [1.29, 1.82) is 0 Å². The second-order valence-corrected chi connectivity index (χ2v) is 9.97. The molecule has 4 rings (SSSR count). The molecule has 0 N–H and O–H groups in total. The Balaban J connectivity index is 1.70. The van der Waals surface area contributed by atoms with Gasteiger partial charge in [-0.25, -0.2) is 4.98 Å². The highest BCUT2D eigenvalue weighted by Crippen LogP contribution is 2.32. The van der Waals surface area contributed by atoms with Crippen LogP contribution in [-0.4, -0.2) is 66.2 Å². The monoisotopic (exact) mass is 589 g/mol. The van der Waals surface area contributed by atoms with Gasteiger partial charge in [0.15, 0.2) is 12.2 Å². The van der Waals surface area contributed by atoms with Crippen LogP contribution in [0.15, 0.2) is 39.1 Å². The van der Waals surface area contributed by atoms with Crippen molar-refractivity contribution in [3.05, 3.63) is 45.8 Å². The second kappa shape index (κ2) is 12.5. The molecule has 0 aliphatic carbocycles. The number of fused-ring (bicyclic) bond motifs is 1. The van der Waals surface area contributed by atoms with Gasteiger partial charge in [0.05, 0.1) is 10.9 Å². The van der Waals surface area contributed by atoms with Crippen LogP contribution in [0.25, 0.3) is 21.5 Å². The van der Waals surface area contributed by atoms with Crippen LogP contribution in [0.2, 0.25) is 0 Å². The van der Waals surface area contributed by atoms with Crippen molar-refractivity contribution in [2.24, 2.45) is 0 Å². The number of esters is 4. The van der Waals surface area contributed by atoms with E-state index < -0.39 is 61.2 Å². The van der Waals surface area contributed by atoms with Gasteiger partial charge in [0.25, 0.3) is 0 Å². The minimum absolute atomic E-state index is 0.138. The summed E-state index contributed by atoms with van der Waals surface area (Å²) in [5.74, 6) is -2.79. The minimum atomic E-state index is -1.43. The summed E-state index contributed by atoms with van der Waals surface area (Å²) in [6.45, 7) is 5.96. The Hall–Kier alpha value is -4.30. The number of carbonyl (C=O) groups excluding carboxylic acids is 4. The fourth-order valence-electron chi connectivity index (χ4n) is 4.22. The molecule has 1 fully saturated rings. The molecule has 0 unspecified atom stereocenters. The lowest BCUT2D eigenvalue weighted by atomic mass is 9.98. The van der Waals surface area contributed by atoms with Crippen molar-refractivity contribution in [3.8, 4) is 16.3 Å². The fourth-order valence-corrected chi connectivity index (χ4v) is 5.02. The van der Waals surface area contributed by atoms with E-state index in [1.807, 2.05) is 12.3 Å². The summed E-state index contributed by atoms with van der Waals surface area (Å²) in [5.41, 5.74) is 0.983. The van der Waals surface area contributed by atoms with Crippen molar-refractivity contribution in [2.75, 3.05) is 6.61 Å². The maximum Gasteiger partial charge on any atom is 0.303 e. The lowest BCUT2D eigenvalue weighted by molar-refractivity contribution is -0.288. The Morgan fingerprint density at radius 2 is 1.59 bits per heavy atom. The third-order valence-electron chi connectivity index (χ3n) is 5.80. The number of benzene rings is 1. The molecule has 0 radical (unpaired) electrons. The fraction of sp³-hybridized carbons (Fsp3) is 0.407. The maximum absolute atomic E-state index is 13.1. The Morgan fingerprint density at radius 1 is 0.927 bits per heavy atom. The highest BCUT2D eigenvalue weighted by molar-refractivity contribution is 7.13. The van der Waals surface area contributed by atoms with Gasteiger partial charge in [-0.1, -0.05) is 0 Å². The first-order valence-electron chi connectivity index (χ1n) is 12.4. The van der Waals surface area contributed by atoms with Crippen LogP contribution in [0.4, 0.5) is 0 Å². The van der Waals surface area contributed by atoms with Crippen LogP contribution in [0.5, 0.6) is 5.75 Å². The lowest BCUT2D eigenvalue weighted by Gasteiger charge is -2.43. The molecule has 1 aliphatic rings. The van der Waals surface area contributed by atoms with E-state index in [0.29, 0.717) is 10.6 Å². The summed E-state index contributed by atoms with van der Waals surface area (Å²) in [4.78, 5) is 64.9. The third-order valence-corrected chi connectivity index (χ3v) is 6.79. The van der Waals surface area contributed by atoms with Crippen LogP contribution in [-0.2, 0) is 42.9 Å². The number of rotatable bonds is 8. The van der Waals surface area contributed by atoms with E-state index in [1.54, 1.807) is 0 Å². The number of aryl methyl sites for hydroxylation is 1. The molecule has 5 atom stereocenters. The molecule has 14 heteroatoms. The molecule has 1 aromatic carbocycles. The number of carbonyl (C=O) groups is 4. The number of nitrogens with zero attached hydrogens (tertiary/aromatic N) is 1. The molecule has 0 bridgehead atoms. The van der Waals surface area contributed by atoms with Gasteiger partial charge in [-0.05, 0) is 19.1 Å². The van der Waals surface area contributed by atoms with Gasteiger partial charge < -0.3 is 32.8 Å². The third kappa shape index (κ3) is 7.08. The first-order chi connectivity index (χ1) is 19.4. The van der Waals surface area contributed by atoms with Crippen molar-refractivity contribution in [1.82, 2.24) is 4.98 Å². The summed E-state index contributed by atoms with van der Waals surface area (Å²) in [5, 5.41) is 2.61. The molecule has 41 heavy (non-hydrogen) atoms. The van der Waals surface area contributed by atoms with Gasteiger partial charge in [0, 0.05) is 44.8 Å². The second-order valence-electron chi connectivity index (χ2n) is 9.12. The smallest absolute Gasteiger partial charge is 0.303 e. The average molecular weight is 590 g/mol. The Bertz CT molecular complexity index is 1530.